The van der Waals surface area contributed by atoms with E-state index in [2.05, 4.69) is 25.3 Å². The van der Waals surface area contributed by atoms with Crippen LogP contribution in [0, 0.1) is 0 Å². The van der Waals surface area contributed by atoms with Crippen LogP contribution in [-0.4, -0.2) is 57.1 Å². The number of aliphatic hydroxyl groups is 2. The Morgan fingerprint density at radius 1 is 0.704 bits per heavy atom. The molecule has 0 bridgehead atoms. The van der Waals surface area contributed by atoms with Gasteiger partial charge >= 0.3 is 11.9 Å². The van der Waals surface area contributed by atoms with Crippen LogP contribution in [0.1, 0.15) is 0 Å². The van der Waals surface area contributed by atoms with Crippen molar-refractivity contribution in [2.24, 2.45) is 0 Å². The molecule has 0 saturated heterocycles. The van der Waals surface area contributed by atoms with Gasteiger partial charge in [0.05, 0.1) is 24.7 Å². The van der Waals surface area contributed by atoms with Crippen molar-refractivity contribution < 1.29 is 34.8 Å². The Hall–Kier alpha value is -2.20. The molecular formula is C18H24O7S2. The van der Waals surface area contributed by atoms with Crippen LogP contribution in [0.3, 0.4) is 0 Å². The van der Waals surface area contributed by atoms with Gasteiger partial charge in [-0.1, -0.05) is 36.4 Å². The zero-order valence-electron chi connectivity index (χ0n) is 14.5. The fourth-order valence-corrected chi connectivity index (χ4v) is 1.11. The summed E-state index contributed by atoms with van der Waals surface area (Å²) in [6, 6.07) is 19.5. The van der Waals surface area contributed by atoms with Gasteiger partial charge in [0.1, 0.15) is 11.5 Å². The number of carbonyl (C=O) groups is 2. The Bertz CT molecular complexity index is 542. The van der Waals surface area contributed by atoms with Crippen LogP contribution in [-0.2, 0) is 9.59 Å². The predicted molar refractivity (Wildman–Crippen MR) is 110 cm³/mol. The van der Waals surface area contributed by atoms with Crippen molar-refractivity contribution in [3.8, 4) is 11.5 Å². The number of carboxylic acid groups (broad SMARTS) is 2. The van der Waals surface area contributed by atoms with Crippen molar-refractivity contribution in [2.75, 3.05) is 24.7 Å². The maximum Gasteiger partial charge on any atom is 0.313 e. The Morgan fingerprint density at radius 2 is 0.963 bits per heavy atom. The number of aliphatic carboxylic acids is 2. The highest BCUT2D eigenvalue weighted by atomic mass is 32.1. The molecule has 0 amide bonds. The topological polar surface area (TPSA) is 124 Å². The summed E-state index contributed by atoms with van der Waals surface area (Å²) in [7, 11) is 0. The lowest BCUT2D eigenvalue weighted by molar-refractivity contribution is -0.134. The first-order valence-corrected chi connectivity index (χ1v) is 8.82. The van der Waals surface area contributed by atoms with E-state index in [0.29, 0.717) is 0 Å². The lowest BCUT2D eigenvalue weighted by Crippen LogP contribution is -1.92. The van der Waals surface area contributed by atoms with Gasteiger partial charge in [-0.2, -0.15) is 25.3 Å². The molecule has 9 heteroatoms. The van der Waals surface area contributed by atoms with Crippen LogP contribution >= 0.6 is 25.3 Å². The number of ether oxygens (including phenoxy) is 1. The van der Waals surface area contributed by atoms with Gasteiger partial charge in [-0.15, -0.1) is 0 Å². The molecule has 0 radical (unpaired) electrons. The predicted octanol–water partition coefficient (Wildman–Crippen LogP) is 2.45. The largest absolute Gasteiger partial charge is 0.481 e. The molecule has 2 rings (SSSR count). The molecule has 0 aliphatic heterocycles. The molecule has 4 N–H and O–H groups in total. The summed E-state index contributed by atoms with van der Waals surface area (Å²) in [6.07, 6.45) is 0. The molecule has 27 heavy (non-hydrogen) atoms. The van der Waals surface area contributed by atoms with E-state index in [-0.39, 0.29) is 24.7 Å². The normalized spacial score (nSPS) is 8.44. The number of carboxylic acids is 2. The number of hydrogen-bond donors (Lipinski definition) is 6. The molecule has 0 heterocycles. The van der Waals surface area contributed by atoms with E-state index in [0.717, 1.165) is 11.5 Å². The minimum atomic E-state index is -0.881. The minimum absolute atomic E-state index is 0.0833. The minimum Gasteiger partial charge on any atom is -0.481 e. The summed E-state index contributed by atoms with van der Waals surface area (Å²) in [4.78, 5) is 18.6. The summed E-state index contributed by atoms with van der Waals surface area (Å²) in [5.41, 5.74) is 0. The maximum absolute atomic E-state index is 9.29. The highest BCUT2D eigenvalue weighted by Crippen LogP contribution is 2.19. The molecular weight excluding hydrogens is 392 g/mol. The smallest absolute Gasteiger partial charge is 0.313 e. The van der Waals surface area contributed by atoms with Gasteiger partial charge < -0.3 is 25.2 Å². The Morgan fingerprint density at radius 3 is 1.15 bits per heavy atom. The third-order valence-corrected chi connectivity index (χ3v) is 2.63. The van der Waals surface area contributed by atoms with Gasteiger partial charge in [-0.05, 0) is 24.3 Å². The summed E-state index contributed by atoms with van der Waals surface area (Å²) in [5, 5.41) is 30.5. The van der Waals surface area contributed by atoms with Crippen molar-refractivity contribution in [3.05, 3.63) is 60.7 Å². The zero-order chi connectivity index (χ0) is 20.9. The Kier molecular flexibility index (Phi) is 20.1. The van der Waals surface area contributed by atoms with Crippen LogP contribution in [0.4, 0.5) is 0 Å². The molecule has 0 unspecified atom stereocenters. The number of aliphatic hydroxyl groups excluding tert-OH is 2. The second kappa shape index (κ2) is 20.1. The number of rotatable bonds is 5. The summed E-state index contributed by atoms with van der Waals surface area (Å²) < 4.78 is 5.58. The first-order chi connectivity index (χ1) is 12.9. The number of thiol groups is 2. The SMILES string of the molecule is O=C(O)CS.O=C(O)CS.OCCO.c1ccc(Oc2ccccc2)cc1. The van der Waals surface area contributed by atoms with Crippen molar-refractivity contribution >= 4 is 37.2 Å². The van der Waals surface area contributed by atoms with E-state index in [4.69, 9.17) is 25.2 Å². The molecule has 0 saturated carbocycles. The summed E-state index contributed by atoms with van der Waals surface area (Å²) >= 11 is 6.83. The highest BCUT2D eigenvalue weighted by Gasteiger charge is 1.92. The zero-order valence-corrected chi connectivity index (χ0v) is 16.3. The monoisotopic (exact) mass is 416 g/mol. The van der Waals surface area contributed by atoms with Crippen LogP contribution in [0.15, 0.2) is 60.7 Å². The lowest BCUT2D eigenvalue weighted by Gasteiger charge is -2.03. The summed E-state index contributed by atoms with van der Waals surface area (Å²) in [6.45, 7) is -0.250. The van der Waals surface area contributed by atoms with Gasteiger partial charge in [0.25, 0.3) is 0 Å². The fraction of sp³-hybridized carbons (Fsp3) is 0.222. The van der Waals surface area contributed by atoms with Crippen LogP contribution in [0.2, 0.25) is 0 Å². The van der Waals surface area contributed by atoms with Crippen molar-refractivity contribution in [3.63, 3.8) is 0 Å². The van der Waals surface area contributed by atoms with E-state index in [1.807, 2.05) is 60.7 Å². The molecule has 2 aromatic carbocycles. The van der Waals surface area contributed by atoms with E-state index < -0.39 is 11.9 Å². The van der Waals surface area contributed by atoms with Gasteiger partial charge in [0, 0.05) is 0 Å². The standard InChI is InChI=1S/C12H10O.2C2H4O2S.C2H6O2/c1-3-7-11(8-4-1)13-12-9-5-2-6-10-12;2*3-2(4)1-5;3-1-2-4/h1-10H;2*5H,1H2,(H,3,4);3-4H,1-2H2. The van der Waals surface area contributed by atoms with Gasteiger partial charge in [0.15, 0.2) is 0 Å². The Balaban J connectivity index is 0. The average Bonchev–Trinajstić information content (AvgIpc) is 2.70. The lowest BCUT2D eigenvalue weighted by atomic mass is 10.3. The van der Waals surface area contributed by atoms with E-state index in [1.54, 1.807) is 0 Å². The number of hydrogen-bond acceptors (Lipinski definition) is 7. The van der Waals surface area contributed by atoms with E-state index >= 15 is 0 Å². The molecule has 0 aliphatic carbocycles. The Labute approximate surface area is 169 Å². The van der Waals surface area contributed by atoms with Crippen LogP contribution in [0.5, 0.6) is 11.5 Å². The molecule has 2 aromatic rings. The van der Waals surface area contributed by atoms with Gasteiger partial charge in [-0.3, -0.25) is 9.59 Å². The number of benzene rings is 2. The quantitative estimate of drug-likeness (QED) is 0.414. The average molecular weight is 417 g/mol. The molecule has 150 valence electrons. The number of para-hydroxylation sites is 2. The first kappa shape index (κ1) is 27.0. The maximum atomic E-state index is 9.29. The van der Waals surface area contributed by atoms with Gasteiger partial charge in [0.2, 0.25) is 0 Å². The molecule has 0 atom stereocenters. The molecule has 0 spiro atoms. The van der Waals surface area contributed by atoms with Crippen molar-refractivity contribution in [1.29, 1.82) is 0 Å². The third-order valence-electron chi connectivity index (χ3n) is 2.09. The molecule has 7 nitrogen and oxygen atoms in total. The summed E-state index contributed by atoms with van der Waals surface area (Å²) in [5.74, 6) is -0.191. The third kappa shape index (κ3) is 21.8. The first-order valence-electron chi connectivity index (χ1n) is 7.56. The second-order valence-corrected chi connectivity index (χ2v) is 4.91. The fourth-order valence-electron chi connectivity index (χ4n) is 1.11. The molecule has 0 fully saturated rings. The van der Waals surface area contributed by atoms with Crippen molar-refractivity contribution in [2.45, 2.75) is 0 Å². The van der Waals surface area contributed by atoms with E-state index in [1.165, 1.54) is 0 Å². The van der Waals surface area contributed by atoms with E-state index in [9.17, 15) is 9.59 Å². The van der Waals surface area contributed by atoms with Gasteiger partial charge in [-0.25, -0.2) is 0 Å². The molecule has 0 aliphatic rings. The second-order valence-electron chi connectivity index (χ2n) is 4.28. The molecule has 0 aromatic heterocycles. The van der Waals surface area contributed by atoms with Crippen molar-refractivity contribution in [1.82, 2.24) is 0 Å². The van der Waals surface area contributed by atoms with Crippen LogP contribution < -0.4 is 4.74 Å². The highest BCUT2D eigenvalue weighted by molar-refractivity contribution is 7.81. The van der Waals surface area contributed by atoms with Crippen LogP contribution in [0.25, 0.3) is 0 Å².